The summed E-state index contributed by atoms with van der Waals surface area (Å²) in [5.41, 5.74) is 1.29. The maximum absolute atomic E-state index is 12.6. The summed E-state index contributed by atoms with van der Waals surface area (Å²) in [5, 5.41) is 9.44. The van der Waals surface area contributed by atoms with Crippen LogP contribution in [0.25, 0.3) is 6.08 Å². The Morgan fingerprint density at radius 3 is 2.38 bits per heavy atom. The molecule has 1 atom stereocenters. The van der Waals surface area contributed by atoms with Crippen LogP contribution in [0.5, 0.6) is 0 Å². The third kappa shape index (κ3) is 4.10. The van der Waals surface area contributed by atoms with Crippen molar-refractivity contribution >= 4 is 52.5 Å². The Kier molecular flexibility index (Phi) is 5.90. The minimum atomic E-state index is -1.06. The molecule has 0 aromatic heterocycles. The molecule has 1 aromatic rings. The Bertz CT molecular complexity index is 710. The number of aliphatic carboxylic acids is 1. The Morgan fingerprint density at radius 1 is 1.29 bits per heavy atom. The van der Waals surface area contributed by atoms with Gasteiger partial charge in [0.25, 0.3) is 5.91 Å². The van der Waals surface area contributed by atoms with Gasteiger partial charge in [0.15, 0.2) is 0 Å². The van der Waals surface area contributed by atoms with E-state index in [4.69, 9.17) is 12.2 Å². The summed E-state index contributed by atoms with van der Waals surface area (Å²) >= 11 is 6.31. The van der Waals surface area contributed by atoms with Crippen LogP contribution in [0.2, 0.25) is 0 Å². The quantitative estimate of drug-likeness (QED) is 0.475. The van der Waals surface area contributed by atoms with Crippen LogP contribution in [0.3, 0.4) is 0 Å². The first-order chi connectivity index (χ1) is 11.3. The Labute approximate surface area is 149 Å². The lowest BCUT2D eigenvalue weighted by molar-refractivity contribution is -0.145. The minimum Gasteiger partial charge on any atom is -0.480 e. The number of nitrogens with zero attached hydrogens (tertiary/aromatic N) is 1. The highest BCUT2D eigenvalue weighted by atomic mass is 32.2. The van der Waals surface area contributed by atoms with Crippen molar-refractivity contribution in [2.75, 3.05) is 0 Å². The number of carboxylic acid groups (broad SMARTS) is 1. The molecule has 0 saturated carbocycles. The molecule has 1 aromatic carbocycles. The summed E-state index contributed by atoms with van der Waals surface area (Å²) in [5.74, 6) is -1.33. The van der Waals surface area contributed by atoms with E-state index >= 15 is 0 Å². The maximum atomic E-state index is 12.6. The van der Waals surface area contributed by atoms with E-state index in [1.165, 1.54) is 4.90 Å². The summed E-state index contributed by atoms with van der Waals surface area (Å²) in [6, 6.07) is 5.79. The van der Waals surface area contributed by atoms with E-state index in [1.807, 2.05) is 13.8 Å². The number of rotatable bonds is 6. The predicted octanol–water partition coefficient (Wildman–Crippen LogP) is 3.20. The molecule has 1 amide bonds. The molecule has 2 rings (SSSR count). The van der Waals surface area contributed by atoms with Crippen LogP contribution < -0.4 is 0 Å². The number of carboxylic acids is 1. The van der Waals surface area contributed by atoms with E-state index in [1.54, 1.807) is 30.3 Å². The molecular weight excluding hydrogens is 346 g/mol. The van der Waals surface area contributed by atoms with E-state index in [2.05, 4.69) is 0 Å². The number of thioether (sulfide) groups is 1. The lowest BCUT2D eigenvalue weighted by Crippen LogP contribution is -2.44. The molecule has 1 saturated heterocycles. The molecule has 5 nitrogen and oxygen atoms in total. The van der Waals surface area contributed by atoms with Crippen LogP contribution in [-0.4, -0.2) is 38.5 Å². The zero-order valence-electron chi connectivity index (χ0n) is 13.3. The van der Waals surface area contributed by atoms with Crippen molar-refractivity contribution in [1.82, 2.24) is 4.90 Å². The van der Waals surface area contributed by atoms with Gasteiger partial charge >= 0.3 is 5.97 Å². The smallest absolute Gasteiger partial charge is 0.326 e. The maximum Gasteiger partial charge on any atom is 0.326 e. The van der Waals surface area contributed by atoms with Crippen LogP contribution in [0.4, 0.5) is 0 Å². The first kappa shape index (κ1) is 18.4. The van der Waals surface area contributed by atoms with Crippen LogP contribution in [0.1, 0.15) is 36.2 Å². The summed E-state index contributed by atoms with van der Waals surface area (Å²) in [7, 11) is 0. The predicted molar refractivity (Wildman–Crippen MR) is 97.7 cm³/mol. The SMILES string of the molecule is CC(C)C[C@H](C(=O)O)N1C(=O)/C(=C/c2ccc(C=O)cc2)SC1=S. The van der Waals surface area contributed by atoms with Gasteiger partial charge in [0, 0.05) is 5.56 Å². The van der Waals surface area contributed by atoms with Crippen LogP contribution >= 0.6 is 24.0 Å². The molecule has 1 fully saturated rings. The van der Waals surface area contributed by atoms with E-state index in [0.717, 1.165) is 23.6 Å². The van der Waals surface area contributed by atoms with Crippen molar-refractivity contribution in [1.29, 1.82) is 0 Å². The van der Waals surface area contributed by atoms with E-state index < -0.39 is 17.9 Å². The fourth-order valence-electron chi connectivity index (χ4n) is 2.33. The molecule has 0 radical (unpaired) electrons. The normalized spacial score (nSPS) is 17.6. The summed E-state index contributed by atoms with van der Waals surface area (Å²) < 4.78 is 0.254. The van der Waals surface area contributed by atoms with Gasteiger partial charge in [-0.1, -0.05) is 62.1 Å². The molecule has 0 spiro atoms. The van der Waals surface area contributed by atoms with Crippen molar-refractivity contribution < 1.29 is 19.5 Å². The molecule has 126 valence electrons. The summed E-state index contributed by atoms with van der Waals surface area (Å²) in [6.07, 6.45) is 2.73. The summed E-state index contributed by atoms with van der Waals surface area (Å²) in [4.78, 5) is 36.4. The van der Waals surface area contributed by atoms with Crippen LogP contribution in [0, 0.1) is 5.92 Å². The largest absolute Gasteiger partial charge is 0.480 e. The molecule has 24 heavy (non-hydrogen) atoms. The second kappa shape index (κ2) is 7.72. The zero-order chi connectivity index (χ0) is 17.9. The van der Waals surface area contributed by atoms with Crippen molar-refractivity contribution in [3.63, 3.8) is 0 Å². The monoisotopic (exact) mass is 363 g/mol. The average molecular weight is 363 g/mol. The van der Waals surface area contributed by atoms with Crippen molar-refractivity contribution in [3.8, 4) is 0 Å². The number of carbonyl (C=O) groups is 3. The van der Waals surface area contributed by atoms with E-state index in [9.17, 15) is 19.5 Å². The second-order valence-corrected chi connectivity index (χ2v) is 7.50. The molecule has 1 aliphatic heterocycles. The molecule has 7 heteroatoms. The van der Waals surface area contributed by atoms with Gasteiger partial charge in [-0.25, -0.2) is 4.79 Å². The molecule has 0 bridgehead atoms. The number of aldehydes is 1. The van der Waals surface area contributed by atoms with E-state index in [-0.39, 0.29) is 10.2 Å². The number of amides is 1. The molecular formula is C17H17NO4S2. The molecule has 1 aliphatic rings. The van der Waals surface area contributed by atoms with Gasteiger partial charge in [-0.05, 0) is 24.0 Å². The van der Waals surface area contributed by atoms with Gasteiger partial charge in [0.1, 0.15) is 16.6 Å². The first-order valence-corrected chi connectivity index (χ1v) is 8.61. The van der Waals surface area contributed by atoms with E-state index in [0.29, 0.717) is 16.9 Å². The van der Waals surface area contributed by atoms with Crippen molar-refractivity contribution in [2.45, 2.75) is 26.3 Å². The number of hydrogen-bond donors (Lipinski definition) is 1. The summed E-state index contributed by atoms with van der Waals surface area (Å²) in [6.45, 7) is 3.80. The highest BCUT2D eigenvalue weighted by Gasteiger charge is 2.40. The number of carbonyl (C=O) groups excluding carboxylic acids is 2. The average Bonchev–Trinajstić information content (AvgIpc) is 2.79. The standard InChI is InChI=1S/C17H17NO4S2/c1-10(2)7-13(16(21)22)18-15(20)14(24-17(18)23)8-11-3-5-12(9-19)6-4-11/h3-6,8-10,13H,7H2,1-2H3,(H,21,22)/b14-8-/t13-/m1/s1. The Morgan fingerprint density at radius 2 is 1.88 bits per heavy atom. The number of hydrogen-bond acceptors (Lipinski definition) is 5. The molecule has 0 unspecified atom stereocenters. The Balaban J connectivity index is 2.27. The van der Waals surface area contributed by atoms with Crippen molar-refractivity contribution in [3.05, 3.63) is 40.3 Å². The van der Waals surface area contributed by atoms with Gasteiger partial charge in [-0.3, -0.25) is 14.5 Å². The first-order valence-electron chi connectivity index (χ1n) is 7.38. The fourth-order valence-corrected chi connectivity index (χ4v) is 3.69. The zero-order valence-corrected chi connectivity index (χ0v) is 14.9. The topological polar surface area (TPSA) is 74.7 Å². The minimum absolute atomic E-state index is 0.121. The number of thiocarbonyl (C=S) groups is 1. The van der Waals surface area contributed by atoms with Crippen LogP contribution in [0.15, 0.2) is 29.2 Å². The second-order valence-electron chi connectivity index (χ2n) is 5.82. The fraction of sp³-hybridized carbons (Fsp3) is 0.294. The lowest BCUT2D eigenvalue weighted by Gasteiger charge is -2.24. The molecule has 0 aliphatic carbocycles. The number of benzene rings is 1. The molecule has 1 N–H and O–H groups in total. The Hall–Kier alpha value is -1.99. The van der Waals surface area contributed by atoms with Gasteiger partial charge in [0.05, 0.1) is 4.91 Å². The third-order valence-electron chi connectivity index (χ3n) is 3.49. The molecule has 1 heterocycles. The van der Waals surface area contributed by atoms with Gasteiger partial charge < -0.3 is 5.11 Å². The van der Waals surface area contributed by atoms with Gasteiger partial charge in [0.2, 0.25) is 0 Å². The third-order valence-corrected chi connectivity index (χ3v) is 4.82. The lowest BCUT2D eigenvalue weighted by atomic mass is 10.0. The highest BCUT2D eigenvalue weighted by molar-refractivity contribution is 8.26. The van der Waals surface area contributed by atoms with Crippen molar-refractivity contribution in [2.24, 2.45) is 5.92 Å². The highest BCUT2D eigenvalue weighted by Crippen LogP contribution is 2.35. The van der Waals surface area contributed by atoms with Gasteiger partial charge in [-0.15, -0.1) is 0 Å². The van der Waals surface area contributed by atoms with Crippen LogP contribution in [-0.2, 0) is 9.59 Å². The van der Waals surface area contributed by atoms with Gasteiger partial charge in [-0.2, -0.15) is 0 Å².